The van der Waals surface area contributed by atoms with E-state index in [2.05, 4.69) is 22.9 Å². The summed E-state index contributed by atoms with van der Waals surface area (Å²) in [6, 6.07) is 2.16. The number of hydrogen-bond acceptors (Lipinski definition) is 4. The number of nitrogens with zero attached hydrogens (tertiary/aromatic N) is 3. The Bertz CT molecular complexity index is 184. The number of rotatable bonds is 5. The highest BCUT2D eigenvalue weighted by atomic mass is 16.5. The third-order valence-corrected chi connectivity index (χ3v) is 2.51. The molecule has 0 bridgehead atoms. The predicted octanol–water partition coefficient (Wildman–Crippen LogP) is 0.164. The van der Waals surface area contributed by atoms with Gasteiger partial charge in [-0.05, 0) is 7.05 Å². The molecule has 4 nitrogen and oxygen atoms in total. The minimum absolute atomic E-state index is 0.625. The Morgan fingerprint density at radius 1 is 1.36 bits per heavy atom. The van der Waals surface area contributed by atoms with E-state index in [0.717, 1.165) is 45.9 Å². The molecule has 1 heterocycles. The molecule has 4 heteroatoms. The minimum Gasteiger partial charge on any atom is -0.379 e. The fraction of sp³-hybridized carbons (Fsp3) is 0.900. The van der Waals surface area contributed by atoms with Crippen LogP contribution in [0.1, 0.15) is 6.42 Å². The normalized spacial score (nSPS) is 18.4. The number of morpholine rings is 1. The molecule has 0 amide bonds. The van der Waals surface area contributed by atoms with Crippen LogP contribution in [0.2, 0.25) is 0 Å². The molecule has 1 saturated heterocycles. The highest BCUT2D eigenvalue weighted by molar-refractivity contribution is 4.71. The monoisotopic (exact) mass is 197 g/mol. The van der Waals surface area contributed by atoms with Crippen molar-refractivity contribution in [1.82, 2.24) is 9.80 Å². The molecule has 0 aromatic heterocycles. The summed E-state index contributed by atoms with van der Waals surface area (Å²) >= 11 is 0. The van der Waals surface area contributed by atoms with Crippen molar-refractivity contribution in [3.8, 4) is 6.07 Å². The van der Waals surface area contributed by atoms with Gasteiger partial charge in [-0.1, -0.05) is 0 Å². The SMILES string of the molecule is CN(CCC#N)CCN1CCOCC1. The van der Waals surface area contributed by atoms with Crippen LogP contribution in [-0.2, 0) is 4.74 Å². The van der Waals surface area contributed by atoms with Crippen molar-refractivity contribution in [2.45, 2.75) is 6.42 Å². The standard InChI is InChI=1S/C10H19N3O/c1-12(4-2-3-11)5-6-13-7-9-14-10-8-13/h2,4-10H2,1H3. The molecule has 0 saturated carbocycles. The van der Waals surface area contributed by atoms with E-state index in [1.807, 2.05) is 0 Å². The lowest BCUT2D eigenvalue weighted by molar-refractivity contribution is 0.0346. The van der Waals surface area contributed by atoms with Crippen LogP contribution >= 0.6 is 0 Å². The quantitative estimate of drug-likeness (QED) is 0.629. The average molecular weight is 197 g/mol. The van der Waals surface area contributed by atoms with Crippen LogP contribution in [0, 0.1) is 11.3 Å². The molecule has 1 rings (SSSR count). The van der Waals surface area contributed by atoms with Crippen LogP contribution in [-0.4, -0.2) is 62.8 Å². The fourth-order valence-corrected chi connectivity index (χ4v) is 1.49. The summed E-state index contributed by atoms with van der Waals surface area (Å²) in [7, 11) is 2.07. The first-order valence-corrected chi connectivity index (χ1v) is 5.18. The van der Waals surface area contributed by atoms with Gasteiger partial charge in [0.05, 0.1) is 19.3 Å². The molecule has 0 aromatic carbocycles. The first-order valence-electron chi connectivity index (χ1n) is 5.18. The maximum Gasteiger partial charge on any atom is 0.0635 e. The van der Waals surface area contributed by atoms with E-state index in [1.54, 1.807) is 0 Å². The smallest absolute Gasteiger partial charge is 0.0635 e. The minimum atomic E-state index is 0.625. The van der Waals surface area contributed by atoms with Crippen molar-refractivity contribution in [1.29, 1.82) is 5.26 Å². The van der Waals surface area contributed by atoms with Crippen LogP contribution in [0.25, 0.3) is 0 Å². The third-order valence-electron chi connectivity index (χ3n) is 2.51. The Morgan fingerprint density at radius 3 is 2.71 bits per heavy atom. The van der Waals surface area contributed by atoms with Gasteiger partial charge in [0.2, 0.25) is 0 Å². The maximum absolute atomic E-state index is 8.43. The topological polar surface area (TPSA) is 39.5 Å². The average Bonchev–Trinajstić information content (AvgIpc) is 2.25. The Labute approximate surface area is 86.0 Å². The number of hydrogen-bond donors (Lipinski definition) is 0. The first kappa shape index (κ1) is 11.4. The molecule has 14 heavy (non-hydrogen) atoms. The summed E-state index contributed by atoms with van der Waals surface area (Å²) in [6.07, 6.45) is 0.625. The van der Waals surface area contributed by atoms with Crippen LogP contribution in [0.15, 0.2) is 0 Å². The van der Waals surface area contributed by atoms with Gasteiger partial charge >= 0.3 is 0 Å². The van der Waals surface area contributed by atoms with Gasteiger partial charge in [-0.25, -0.2) is 0 Å². The van der Waals surface area contributed by atoms with Crippen LogP contribution < -0.4 is 0 Å². The van der Waals surface area contributed by atoms with E-state index < -0.39 is 0 Å². The lowest BCUT2D eigenvalue weighted by Crippen LogP contribution is -2.40. The zero-order chi connectivity index (χ0) is 10.2. The fourth-order valence-electron chi connectivity index (χ4n) is 1.49. The highest BCUT2D eigenvalue weighted by Gasteiger charge is 2.10. The van der Waals surface area contributed by atoms with Gasteiger partial charge in [-0.3, -0.25) is 4.90 Å². The highest BCUT2D eigenvalue weighted by Crippen LogP contribution is 1.96. The van der Waals surface area contributed by atoms with Gasteiger partial charge in [-0.15, -0.1) is 0 Å². The Balaban J connectivity index is 2.03. The molecule has 0 aromatic rings. The Morgan fingerprint density at radius 2 is 2.07 bits per heavy atom. The summed E-state index contributed by atoms with van der Waals surface area (Å²) in [5.41, 5.74) is 0. The summed E-state index contributed by atoms with van der Waals surface area (Å²) < 4.78 is 5.27. The Kier molecular flexibility index (Phi) is 5.53. The molecule has 0 N–H and O–H groups in total. The molecule has 0 unspecified atom stereocenters. The van der Waals surface area contributed by atoms with Crippen molar-refractivity contribution in [3.05, 3.63) is 0 Å². The lowest BCUT2D eigenvalue weighted by atomic mass is 10.3. The molecule has 80 valence electrons. The van der Waals surface area contributed by atoms with E-state index in [4.69, 9.17) is 10.00 Å². The van der Waals surface area contributed by atoms with Crippen molar-refractivity contribution >= 4 is 0 Å². The summed E-state index contributed by atoms with van der Waals surface area (Å²) in [5.74, 6) is 0. The predicted molar refractivity (Wildman–Crippen MR) is 55.0 cm³/mol. The summed E-state index contributed by atoms with van der Waals surface area (Å²) in [4.78, 5) is 4.62. The molecule has 1 fully saturated rings. The van der Waals surface area contributed by atoms with E-state index in [-0.39, 0.29) is 0 Å². The van der Waals surface area contributed by atoms with Gasteiger partial charge < -0.3 is 9.64 Å². The second-order valence-electron chi connectivity index (χ2n) is 3.67. The van der Waals surface area contributed by atoms with Gasteiger partial charge in [0.1, 0.15) is 0 Å². The van der Waals surface area contributed by atoms with Gasteiger partial charge in [0.15, 0.2) is 0 Å². The second kappa shape index (κ2) is 6.77. The van der Waals surface area contributed by atoms with E-state index in [9.17, 15) is 0 Å². The molecule has 1 aliphatic rings. The Hall–Kier alpha value is -0.630. The van der Waals surface area contributed by atoms with E-state index >= 15 is 0 Å². The van der Waals surface area contributed by atoms with Crippen molar-refractivity contribution < 1.29 is 4.74 Å². The molecule has 0 aliphatic carbocycles. The molecule has 0 atom stereocenters. The molecular weight excluding hydrogens is 178 g/mol. The first-order chi connectivity index (χ1) is 6.83. The number of ether oxygens (including phenoxy) is 1. The zero-order valence-electron chi connectivity index (χ0n) is 8.91. The molecule has 0 spiro atoms. The largest absolute Gasteiger partial charge is 0.379 e. The van der Waals surface area contributed by atoms with Crippen LogP contribution in [0.3, 0.4) is 0 Å². The molecular formula is C10H19N3O. The molecule has 1 aliphatic heterocycles. The van der Waals surface area contributed by atoms with Gasteiger partial charge in [0, 0.05) is 39.1 Å². The molecule has 0 radical (unpaired) electrons. The van der Waals surface area contributed by atoms with Crippen molar-refractivity contribution in [3.63, 3.8) is 0 Å². The van der Waals surface area contributed by atoms with E-state index in [1.165, 1.54) is 0 Å². The van der Waals surface area contributed by atoms with Crippen molar-refractivity contribution in [2.75, 3.05) is 53.0 Å². The number of nitriles is 1. The zero-order valence-corrected chi connectivity index (χ0v) is 8.91. The van der Waals surface area contributed by atoms with Crippen LogP contribution in [0.4, 0.5) is 0 Å². The maximum atomic E-state index is 8.43. The van der Waals surface area contributed by atoms with Crippen LogP contribution in [0.5, 0.6) is 0 Å². The van der Waals surface area contributed by atoms with E-state index in [0.29, 0.717) is 6.42 Å². The number of likely N-dealkylation sites (N-methyl/N-ethyl adjacent to an activating group) is 1. The second-order valence-corrected chi connectivity index (χ2v) is 3.67. The lowest BCUT2D eigenvalue weighted by Gasteiger charge is -2.28. The van der Waals surface area contributed by atoms with Gasteiger partial charge in [0.25, 0.3) is 0 Å². The van der Waals surface area contributed by atoms with Crippen molar-refractivity contribution in [2.24, 2.45) is 0 Å². The van der Waals surface area contributed by atoms with Gasteiger partial charge in [-0.2, -0.15) is 5.26 Å². The summed E-state index contributed by atoms with van der Waals surface area (Å²) in [6.45, 7) is 6.83. The summed E-state index contributed by atoms with van der Waals surface area (Å²) in [5, 5.41) is 8.43. The third kappa shape index (κ3) is 4.56.